The van der Waals surface area contributed by atoms with E-state index in [4.69, 9.17) is 49.1 Å². The van der Waals surface area contributed by atoms with Crippen molar-refractivity contribution in [3.8, 4) is 22.3 Å². The van der Waals surface area contributed by atoms with Crippen LogP contribution in [0.1, 0.15) is 78.5 Å². The number of aliphatic carboxylic acids is 3. The summed E-state index contributed by atoms with van der Waals surface area (Å²) in [5, 5.41) is 107. The van der Waals surface area contributed by atoms with Gasteiger partial charge in [-0.3, -0.25) is 9.98 Å². The van der Waals surface area contributed by atoms with Crippen molar-refractivity contribution < 1.29 is 94.7 Å². The molecule has 21 nitrogen and oxygen atoms in total. The van der Waals surface area contributed by atoms with Crippen LogP contribution in [0.2, 0.25) is 0 Å². The lowest BCUT2D eigenvalue weighted by Gasteiger charge is -2.33. The third-order valence-electron chi connectivity index (χ3n) is 15.4. The highest BCUT2D eigenvalue weighted by Gasteiger charge is 2.34. The molecule has 10 rings (SSSR count). The first-order valence-corrected chi connectivity index (χ1v) is 29.4. The maximum atomic E-state index is 12.6. The van der Waals surface area contributed by atoms with Crippen LogP contribution in [0.4, 0.5) is 0 Å². The van der Waals surface area contributed by atoms with Crippen LogP contribution >= 0.6 is 0 Å². The molecule has 1 saturated heterocycles. The lowest BCUT2D eigenvalue weighted by Crippen LogP contribution is -2.69. The smallest absolute Gasteiger partial charge is 0.493 e. The molecule has 7 aromatic carbocycles. The van der Waals surface area contributed by atoms with Gasteiger partial charge < -0.3 is 85.2 Å². The van der Waals surface area contributed by atoms with Crippen molar-refractivity contribution in [2.75, 3.05) is 39.6 Å². The summed E-state index contributed by atoms with van der Waals surface area (Å²) >= 11 is 0. The normalized spacial score (nSPS) is 15.0. The highest BCUT2D eigenvalue weighted by molar-refractivity contribution is 6.61. The summed E-state index contributed by atoms with van der Waals surface area (Å²) in [4.78, 5) is 41.5. The van der Waals surface area contributed by atoms with E-state index in [2.05, 4.69) is 41.7 Å². The average molecular weight is 1240 g/mol. The number of carboxylic acid groups (broad SMARTS) is 3. The van der Waals surface area contributed by atoms with Gasteiger partial charge in [0.1, 0.15) is 18.2 Å². The van der Waals surface area contributed by atoms with Crippen LogP contribution in [0.25, 0.3) is 22.3 Å². The summed E-state index contributed by atoms with van der Waals surface area (Å²) in [6.07, 6.45) is -1.50. The van der Waals surface area contributed by atoms with Gasteiger partial charge in [-0.15, -0.1) is 0 Å². The van der Waals surface area contributed by atoms with Crippen LogP contribution < -0.4 is 37.4 Å². The topological polar surface area (TPSA) is 372 Å². The molecule has 0 aromatic heterocycles. The predicted molar refractivity (Wildman–Crippen MR) is 338 cm³/mol. The molecule has 1 fully saturated rings. The Morgan fingerprint density at radius 1 is 0.560 bits per heavy atom. The average Bonchev–Trinajstić information content (AvgIpc) is 1.63. The molecule has 7 aromatic rings. The molecule has 1 heterocycles. The van der Waals surface area contributed by atoms with Gasteiger partial charge in [-0.2, -0.15) is 0 Å². The first-order chi connectivity index (χ1) is 43.4. The van der Waals surface area contributed by atoms with Gasteiger partial charge in [-0.1, -0.05) is 198 Å². The lowest BCUT2D eigenvalue weighted by atomic mass is 9.75. The van der Waals surface area contributed by atoms with Crippen molar-refractivity contribution in [3.63, 3.8) is 0 Å². The molecule has 3 aliphatic rings. The molecule has 476 valence electrons. The van der Waals surface area contributed by atoms with E-state index in [1.165, 1.54) is 24.3 Å². The molecule has 91 heavy (non-hydrogen) atoms. The van der Waals surface area contributed by atoms with Gasteiger partial charge in [0.05, 0.1) is 19.2 Å². The number of hydrogen-bond acceptors (Lipinski definition) is 18. The molecule has 0 spiro atoms. The number of fused-ring (bicyclic) bond motifs is 6. The van der Waals surface area contributed by atoms with E-state index in [9.17, 15) is 39.9 Å². The summed E-state index contributed by atoms with van der Waals surface area (Å²) in [5.74, 6) is -3.87. The lowest BCUT2D eigenvalue weighted by molar-refractivity contribution is -0.437. The Labute approximate surface area is 528 Å². The van der Waals surface area contributed by atoms with E-state index < -0.39 is 69.6 Å². The number of carbonyl (C=O) groups is 3. The standard InChI is InChI=1S/C29H30BNO6.C24H22BNO6.C9H12BNO4.C5H12O2/c1-29(2)17-36-30(37-18-29)20-13-11-19(12-14-20)15-26(27(32)33)31-28(34)35-16-25-23-9-5-3-7-21(23)22-8-4-6-10-24(22)25;27-23(28)22(13-15-9-11-16(12-10-15)25(30)31)26-24(29)32-14-21-19-7-3-1-5-17(19)18-6-2-4-8-20(18)21;11-8(9(12)13)5-6-1-3-7(4-2-6)10(14)15;1-5(2,3-6)4-7/h3-14,25-26H,15-18H2,1-2H3,(H,31,34)(H,32,33);1-12,21-22,30-31H,13-14H2,(H,26,29)(H,27,28);1-4,8,14-15H,5,11H2,(H,12,13);6-7H,3-4H2,1-2H3/p-2. The van der Waals surface area contributed by atoms with Gasteiger partial charge in [-0.25, -0.2) is 9.59 Å². The zero-order chi connectivity index (χ0) is 66.0. The number of rotatable bonds is 20. The van der Waals surface area contributed by atoms with E-state index in [1.807, 2.05) is 109 Å². The van der Waals surface area contributed by atoms with Crippen molar-refractivity contribution in [1.82, 2.24) is 0 Å². The second-order valence-electron chi connectivity index (χ2n) is 23.8. The van der Waals surface area contributed by atoms with Crippen LogP contribution in [0.3, 0.4) is 0 Å². The Morgan fingerprint density at radius 3 is 1.18 bits per heavy atom. The van der Waals surface area contributed by atoms with Gasteiger partial charge in [0.15, 0.2) is 12.1 Å². The first-order valence-electron chi connectivity index (χ1n) is 29.4. The molecule has 3 unspecified atom stereocenters. The number of aliphatic hydroxyl groups is 2. The van der Waals surface area contributed by atoms with Gasteiger partial charge in [-0.05, 0) is 77.6 Å². The predicted octanol–water partition coefficient (Wildman–Crippen LogP) is 0.170. The minimum atomic E-state index is -1.61. The maximum Gasteiger partial charge on any atom is 0.493 e. The van der Waals surface area contributed by atoms with Gasteiger partial charge in [0, 0.05) is 68.4 Å². The molecule has 0 radical (unpaired) electrons. The van der Waals surface area contributed by atoms with Gasteiger partial charge >= 0.3 is 33.3 Å². The fraction of sp³-hybridized carbons (Fsp3) is 0.299. The van der Waals surface area contributed by atoms with Crippen LogP contribution in [0.15, 0.2) is 180 Å². The van der Waals surface area contributed by atoms with Crippen molar-refractivity contribution in [2.45, 2.75) is 76.9 Å². The quantitative estimate of drug-likeness (QED) is 0.0279. The molecule has 0 amide bonds. The van der Waals surface area contributed by atoms with E-state index >= 15 is 0 Å². The SMILES string of the molecule is CC(C)(CO)CO.CC1(C)COB(c2ccc(CC(N=C([O-])OCC3c4ccccc4-c4ccccc43)C(=O)O)cc2)OC1.O=C(O)C(Cc1ccc(B(O)O)cc1)N=C([O-])OCC1c2ccccc2-c2ccccc21.[NH3+]C(Cc1ccc(B(O)O)cc1)C(=O)[O-]. The Hall–Kier alpha value is -8.68. The number of carboxylic acids is 3. The Kier molecular flexibility index (Phi) is 24.8. The van der Waals surface area contributed by atoms with Crippen LogP contribution in [-0.2, 0) is 52.4 Å². The Morgan fingerprint density at radius 2 is 0.879 bits per heavy atom. The summed E-state index contributed by atoms with van der Waals surface area (Å²) in [6, 6.07) is 48.3. The van der Waals surface area contributed by atoms with Crippen molar-refractivity contribution in [3.05, 3.63) is 209 Å². The second-order valence-corrected chi connectivity index (χ2v) is 23.8. The Balaban J connectivity index is 0.000000197. The molecule has 0 bridgehead atoms. The third kappa shape index (κ3) is 19.7. The summed E-state index contributed by atoms with van der Waals surface area (Å²) in [5.41, 5.74) is 15.4. The number of quaternary nitrogens is 1. The number of aliphatic imine (C=N–C) groups is 2. The molecule has 11 N–H and O–H groups in total. The minimum absolute atomic E-state index is 0.0220. The highest BCUT2D eigenvalue weighted by Crippen LogP contribution is 2.46. The highest BCUT2D eigenvalue weighted by atomic mass is 16.6. The number of benzene rings is 7. The second kappa shape index (κ2) is 32.4. The number of aliphatic hydroxyl groups excluding tert-OH is 2. The number of ether oxygens (including phenoxy) is 2. The molecule has 3 atom stereocenters. The number of nitrogens with zero attached hydrogens (tertiary/aromatic N) is 2. The van der Waals surface area contributed by atoms with E-state index in [-0.39, 0.29) is 73.8 Å². The fourth-order valence-corrected chi connectivity index (χ4v) is 10.1. The number of carbonyl (C=O) groups excluding carboxylic acids is 1. The zero-order valence-electron chi connectivity index (χ0n) is 50.9. The fourth-order valence-electron chi connectivity index (χ4n) is 10.1. The summed E-state index contributed by atoms with van der Waals surface area (Å²) in [6.45, 7) is 9.20. The molecular weight excluding hydrogens is 1170 g/mol. The Bertz CT molecular complexity index is 3500. The molecule has 2 aliphatic carbocycles. The van der Waals surface area contributed by atoms with Crippen molar-refractivity contribution in [2.24, 2.45) is 20.8 Å². The van der Waals surface area contributed by atoms with Crippen molar-refractivity contribution in [1.29, 1.82) is 0 Å². The third-order valence-corrected chi connectivity index (χ3v) is 15.4. The molecule has 1 aliphatic heterocycles. The van der Waals surface area contributed by atoms with Crippen LogP contribution in [-0.4, -0.2) is 150 Å². The summed E-state index contributed by atoms with van der Waals surface area (Å²) in [7, 11) is -3.55. The van der Waals surface area contributed by atoms with E-state index in [1.54, 1.807) is 38.1 Å². The van der Waals surface area contributed by atoms with Crippen molar-refractivity contribution >= 4 is 67.8 Å². The minimum Gasteiger partial charge on any atom is -0.599 e. The molecule has 24 heteroatoms. The summed E-state index contributed by atoms with van der Waals surface area (Å²) < 4.78 is 22.5. The largest absolute Gasteiger partial charge is 0.599 e. The molecule has 0 saturated carbocycles. The van der Waals surface area contributed by atoms with Crippen LogP contribution in [0.5, 0.6) is 0 Å². The van der Waals surface area contributed by atoms with E-state index in [0.29, 0.717) is 24.2 Å². The van der Waals surface area contributed by atoms with Gasteiger partial charge in [0.25, 0.3) is 0 Å². The zero-order valence-corrected chi connectivity index (χ0v) is 50.9. The maximum absolute atomic E-state index is 12.6. The number of hydrogen-bond donors (Lipinski definition) is 9. The van der Waals surface area contributed by atoms with Gasteiger partial charge in [0.2, 0.25) is 0 Å². The van der Waals surface area contributed by atoms with Crippen LogP contribution in [0, 0.1) is 10.8 Å². The van der Waals surface area contributed by atoms with E-state index in [0.717, 1.165) is 61.1 Å². The molecular formula is C67H74B3N3O18-2. The monoisotopic (exact) mass is 1240 g/mol. The first kappa shape index (κ1) is 69.8.